The van der Waals surface area contributed by atoms with Crippen LogP contribution in [0.1, 0.15) is 12.8 Å². The van der Waals surface area contributed by atoms with Crippen LogP contribution in [0.25, 0.3) is 0 Å². The van der Waals surface area contributed by atoms with Gasteiger partial charge in [-0.3, -0.25) is 0 Å². The third-order valence-corrected chi connectivity index (χ3v) is 1.27. The Morgan fingerprint density at radius 2 is 2.43 bits per heavy atom. The molecule has 1 aliphatic heterocycles. The molecule has 1 rings (SSSR count). The van der Waals surface area contributed by atoms with Crippen molar-refractivity contribution in [3.05, 3.63) is 0 Å². The molecule has 3 heteroatoms. The standard InChI is InChI=1S/C4H10N2O/c5-4-2-1-3-6(4)7/h4,7H,1-3,5H2. The van der Waals surface area contributed by atoms with Crippen LogP contribution in [0.3, 0.4) is 0 Å². The average Bonchev–Trinajstić information content (AvgIpc) is 1.91. The number of nitrogens with zero attached hydrogens (tertiary/aromatic N) is 1. The van der Waals surface area contributed by atoms with E-state index in [-0.39, 0.29) is 6.17 Å². The minimum Gasteiger partial charge on any atom is -0.314 e. The van der Waals surface area contributed by atoms with Gasteiger partial charge >= 0.3 is 0 Å². The van der Waals surface area contributed by atoms with Crippen molar-refractivity contribution in [2.75, 3.05) is 6.54 Å². The average molecular weight is 102 g/mol. The molecular formula is C4H10N2O. The van der Waals surface area contributed by atoms with Crippen LogP contribution in [-0.4, -0.2) is 23.0 Å². The van der Waals surface area contributed by atoms with Crippen LogP contribution in [-0.2, 0) is 0 Å². The molecular weight excluding hydrogens is 92.1 g/mol. The first-order valence-corrected chi connectivity index (χ1v) is 2.52. The van der Waals surface area contributed by atoms with Gasteiger partial charge in [-0.15, -0.1) is 0 Å². The third kappa shape index (κ3) is 0.907. The van der Waals surface area contributed by atoms with E-state index in [0.717, 1.165) is 19.4 Å². The van der Waals surface area contributed by atoms with Gasteiger partial charge in [0.15, 0.2) is 0 Å². The highest BCUT2D eigenvalue weighted by molar-refractivity contribution is 4.65. The Bertz CT molecular complexity index is 58.7. The molecule has 0 spiro atoms. The first kappa shape index (κ1) is 5.03. The molecule has 0 aromatic heterocycles. The molecule has 0 radical (unpaired) electrons. The Balaban J connectivity index is 2.33. The Labute approximate surface area is 42.7 Å². The summed E-state index contributed by atoms with van der Waals surface area (Å²) >= 11 is 0. The summed E-state index contributed by atoms with van der Waals surface area (Å²) in [5.41, 5.74) is 5.35. The number of rotatable bonds is 0. The van der Waals surface area contributed by atoms with Gasteiger partial charge in [-0.05, 0) is 12.8 Å². The van der Waals surface area contributed by atoms with Crippen molar-refractivity contribution >= 4 is 0 Å². The molecule has 7 heavy (non-hydrogen) atoms. The predicted molar refractivity (Wildman–Crippen MR) is 25.7 cm³/mol. The maximum absolute atomic E-state index is 8.71. The monoisotopic (exact) mass is 102 g/mol. The van der Waals surface area contributed by atoms with E-state index in [0.29, 0.717) is 0 Å². The second-order valence-corrected chi connectivity index (χ2v) is 1.87. The van der Waals surface area contributed by atoms with Gasteiger partial charge in [0.2, 0.25) is 0 Å². The quantitative estimate of drug-likeness (QED) is 0.443. The van der Waals surface area contributed by atoms with Gasteiger partial charge in [-0.2, -0.15) is 5.06 Å². The Morgan fingerprint density at radius 1 is 1.71 bits per heavy atom. The molecule has 42 valence electrons. The minimum atomic E-state index is -0.0972. The fourth-order valence-electron chi connectivity index (χ4n) is 0.777. The zero-order valence-electron chi connectivity index (χ0n) is 4.17. The van der Waals surface area contributed by atoms with Gasteiger partial charge < -0.3 is 10.9 Å². The van der Waals surface area contributed by atoms with Crippen LogP contribution in [0, 0.1) is 0 Å². The second-order valence-electron chi connectivity index (χ2n) is 1.87. The minimum absolute atomic E-state index is 0.0972. The van der Waals surface area contributed by atoms with E-state index in [1.807, 2.05) is 0 Å². The third-order valence-electron chi connectivity index (χ3n) is 1.27. The number of hydrogen-bond acceptors (Lipinski definition) is 3. The maximum atomic E-state index is 8.71. The van der Waals surface area contributed by atoms with Crippen LogP contribution in [0.5, 0.6) is 0 Å². The molecule has 1 aliphatic rings. The van der Waals surface area contributed by atoms with Gasteiger partial charge in [0, 0.05) is 6.54 Å². The number of hydrogen-bond donors (Lipinski definition) is 2. The molecule has 1 heterocycles. The highest BCUT2D eigenvalue weighted by Crippen LogP contribution is 2.07. The van der Waals surface area contributed by atoms with E-state index in [1.54, 1.807) is 0 Å². The van der Waals surface area contributed by atoms with Gasteiger partial charge in [0.05, 0.1) is 6.17 Å². The van der Waals surface area contributed by atoms with Crippen molar-refractivity contribution in [3.8, 4) is 0 Å². The fraction of sp³-hybridized carbons (Fsp3) is 1.00. The number of hydroxylamine groups is 2. The molecule has 1 saturated heterocycles. The van der Waals surface area contributed by atoms with Gasteiger partial charge in [-0.25, -0.2) is 0 Å². The van der Waals surface area contributed by atoms with E-state index in [1.165, 1.54) is 5.06 Å². The lowest BCUT2D eigenvalue weighted by Gasteiger charge is -2.09. The van der Waals surface area contributed by atoms with Gasteiger partial charge in [-0.1, -0.05) is 0 Å². The number of nitrogens with two attached hydrogens (primary N) is 1. The highest BCUT2D eigenvalue weighted by atomic mass is 16.5. The summed E-state index contributed by atoms with van der Waals surface area (Å²) < 4.78 is 0. The maximum Gasteiger partial charge on any atom is 0.0816 e. The first-order valence-electron chi connectivity index (χ1n) is 2.52. The highest BCUT2D eigenvalue weighted by Gasteiger charge is 2.17. The molecule has 0 bridgehead atoms. The largest absolute Gasteiger partial charge is 0.314 e. The fourth-order valence-corrected chi connectivity index (χ4v) is 0.777. The topological polar surface area (TPSA) is 49.5 Å². The normalized spacial score (nSPS) is 34.3. The Morgan fingerprint density at radius 3 is 2.57 bits per heavy atom. The van der Waals surface area contributed by atoms with Crippen molar-refractivity contribution < 1.29 is 5.21 Å². The molecule has 0 aromatic carbocycles. The van der Waals surface area contributed by atoms with Crippen molar-refractivity contribution in [1.29, 1.82) is 0 Å². The van der Waals surface area contributed by atoms with Gasteiger partial charge in [0.1, 0.15) is 0 Å². The van der Waals surface area contributed by atoms with E-state index < -0.39 is 0 Å². The predicted octanol–water partition coefficient (Wildman–Crippen LogP) is -0.244. The van der Waals surface area contributed by atoms with Crippen LogP contribution in [0.4, 0.5) is 0 Å². The lowest BCUT2D eigenvalue weighted by Crippen LogP contribution is -2.33. The van der Waals surface area contributed by atoms with Crippen LogP contribution in [0.2, 0.25) is 0 Å². The van der Waals surface area contributed by atoms with E-state index >= 15 is 0 Å². The molecule has 1 fully saturated rings. The zero-order chi connectivity index (χ0) is 5.28. The van der Waals surface area contributed by atoms with E-state index in [2.05, 4.69) is 0 Å². The van der Waals surface area contributed by atoms with Crippen molar-refractivity contribution in [3.63, 3.8) is 0 Å². The van der Waals surface area contributed by atoms with Crippen LogP contribution < -0.4 is 5.73 Å². The molecule has 0 amide bonds. The van der Waals surface area contributed by atoms with Crippen molar-refractivity contribution in [2.45, 2.75) is 19.0 Å². The Kier molecular flexibility index (Phi) is 1.27. The molecule has 0 aliphatic carbocycles. The lowest BCUT2D eigenvalue weighted by atomic mass is 10.3. The Hall–Kier alpha value is -0.120. The molecule has 1 unspecified atom stereocenters. The smallest absolute Gasteiger partial charge is 0.0816 e. The van der Waals surface area contributed by atoms with Gasteiger partial charge in [0.25, 0.3) is 0 Å². The van der Waals surface area contributed by atoms with Crippen LogP contribution in [0.15, 0.2) is 0 Å². The van der Waals surface area contributed by atoms with Crippen LogP contribution >= 0.6 is 0 Å². The molecule has 0 aromatic rings. The first-order chi connectivity index (χ1) is 3.30. The van der Waals surface area contributed by atoms with Crippen molar-refractivity contribution in [2.24, 2.45) is 5.73 Å². The summed E-state index contributed by atoms with van der Waals surface area (Å²) in [5.74, 6) is 0. The summed E-state index contributed by atoms with van der Waals surface area (Å²) in [5, 5.41) is 9.89. The SMILES string of the molecule is NC1CCCN1O. The zero-order valence-corrected chi connectivity index (χ0v) is 4.17. The molecule has 0 saturated carbocycles. The second kappa shape index (κ2) is 1.78. The summed E-state index contributed by atoms with van der Waals surface area (Å²) in [7, 11) is 0. The summed E-state index contributed by atoms with van der Waals surface area (Å²) in [6.45, 7) is 0.737. The molecule has 3 nitrogen and oxygen atoms in total. The van der Waals surface area contributed by atoms with E-state index in [4.69, 9.17) is 10.9 Å². The van der Waals surface area contributed by atoms with E-state index in [9.17, 15) is 0 Å². The van der Waals surface area contributed by atoms with Crippen molar-refractivity contribution in [1.82, 2.24) is 5.06 Å². The summed E-state index contributed by atoms with van der Waals surface area (Å²) in [4.78, 5) is 0. The lowest BCUT2D eigenvalue weighted by molar-refractivity contribution is -0.100. The molecule has 1 atom stereocenters. The summed E-state index contributed by atoms with van der Waals surface area (Å²) in [6, 6.07) is 0. The summed E-state index contributed by atoms with van der Waals surface area (Å²) in [6.07, 6.45) is 1.86. The molecule has 3 N–H and O–H groups in total.